The highest BCUT2D eigenvalue weighted by Gasteiger charge is 2.39. The van der Waals surface area contributed by atoms with Gasteiger partial charge in [0.2, 0.25) is 0 Å². The molecule has 0 radical (unpaired) electrons. The van der Waals surface area contributed by atoms with Gasteiger partial charge in [0.25, 0.3) is 0 Å². The van der Waals surface area contributed by atoms with E-state index in [1.165, 1.54) is 6.92 Å². The van der Waals surface area contributed by atoms with Crippen LogP contribution < -0.4 is 0 Å². The van der Waals surface area contributed by atoms with Gasteiger partial charge in [0.15, 0.2) is 11.9 Å². The zero-order chi connectivity index (χ0) is 15.8. The Kier molecular flexibility index (Phi) is 6.75. The summed E-state index contributed by atoms with van der Waals surface area (Å²) in [6.07, 6.45) is -1.21. The van der Waals surface area contributed by atoms with E-state index in [0.29, 0.717) is 5.56 Å². The van der Waals surface area contributed by atoms with Crippen molar-refractivity contribution in [2.75, 3.05) is 13.2 Å². The molecule has 0 aliphatic rings. The van der Waals surface area contributed by atoms with Crippen molar-refractivity contribution >= 4 is 17.5 Å². The van der Waals surface area contributed by atoms with Crippen molar-refractivity contribution < 1.29 is 23.9 Å². The molecule has 0 aliphatic carbocycles. The molecule has 0 saturated heterocycles. The van der Waals surface area contributed by atoms with Gasteiger partial charge in [-0.2, -0.15) is 0 Å². The molecule has 1 aromatic carbocycles. The van der Waals surface area contributed by atoms with E-state index in [1.54, 1.807) is 44.2 Å². The van der Waals surface area contributed by atoms with Gasteiger partial charge in [-0.15, -0.1) is 0 Å². The van der Waals surface area contributed by atoms with E-state index >= 15 is 0 Å². The lowest BCUT2D eigenvalue weighted by Gasteiger charge is -2.22. The van der Waals surface area contributed by atoms with E-state index in [9.17, 15) is 14.4 Å². The minimum Gasteiger partial charge on any atom is -0.464 e. The van der Waals surface area contributed by atoms with Gasteiger partial charge in [-0.1, -0.05) is 30.3 Å². The third kappa shape index (κ3) is 4.49. The standard InChI is InChI=1S/C16H20O5/c1-4-20-15(16(19)21-5-2)13(11(3)17)14(18)12-9-7-6-8-10-12/h6-10,13,15H,4-5H2,1-3H3. The van der Waals surface area contributed by atoms with Crippen LogP contribution in [-0.2, 0) is 19.1 Å². The summed E-state index contributed by atoms with van der Waals surface area (Å²) in [5, 5.41) is 0. The fraction of sp³-hybridized carbons (Fsp3) is 0.438. The summed E-state index contributed by atoms with van der Waals surface area (Å²) in [6, 6.07) is 8.37. The van der Waals surface area contributed by atoms with Crippen molar-refractivity contribution in [3.8, 4) is 0 Å². The normalized spacial score (nSPS) is 13.3. The molecule has 21 heavy (non-hydrogen) atoms. The van der Waals surface area contributed by atoms with E-state index in [2.05, 4.69) is 0 Å². The summed E-state index contributed by atoms with van der Waals surface area (Å²) in [5.41, 5.74) is 0.367. The maximum atomic E-state index is 12.5. The van der Waals surface area contributed by atoms with Crippen molar-refractivity contribution in [1.29, 1.82) is 0 Å². The summed E-state index contributed by atoms with van der Waals surface area (Å²) in [7, 11) is 0. The lowest BCUT2D eigenvalue weighted by molar-refractivity contribution is -0.161. The Balaban J connectivity index is 3.10. The Bertz CT molecular complexity index is 495. The number of esters is 1. The third-order valence-corrected chi connectivity index (χ3v) is 2.95. The Hall–Kier alpha value is -2.01. The summed E-state index contributed by atoms with van der Waals surface area (Å²) in [6.45, 7) is 4.98. The molecule has 0 fully saturated rings. The number of ketones is 2. The molecule has 2 unspecified atom stereocenters. The highest BCUT2D eigenvalue weighted by molar-refractivity contribution is 6.12. The SMILES string of the molecule is CCOC(=O)C(OCC)C(C(C)=O)C(=O)c1ccccc1. The second-order valence-electron chi connectivity index (χ2n) is 4.45. The Labute approximate surface area is 124 Å². The number of hydrogen-bond donors (Lipinski definition) is 0. The fourth-order valence-electron chi connectivity index (χ4n) is 2.02. The van der Waals surface area contributed by atoms with Gasteiger partial charge in [-0.3, -0.25) is 9.59 Å². The van der Waals surface area contributed by atoms with Gasteiger partial charge in [0.05, 0.1) is 6.61 Å². The lowest BCUT2D eigenvalue weighted by Crippen LogP contribution is -2.42. The molecule has 0 aliphatic heterocycles. The Morgan fingerprint density at radius 2 is 1.67 bits per heavy atom. The van der Waals surface area contributed by atoms with Crippen LogP contribution >= 0.6 is 0 Å². The monoisotopic (exact) mass is 292 g/mol. The predicted octanol–water partition coefficient (Wildman–Crippen LogP) is 2.04. The first kappa shape index (κ1) is 17.0. The summed E-state index contributed by atoms with van der Waals surface area (Å²) >= 11 is 0. The Morgan fingerprint density at radius 1 is 1.05 bits per heavy atom. The molecule has 0 saturated carbocycles. The Morgan fingerprint density at radius 3 is 2.14 bits per heavy atom. The molecule has 0 heterocycles. The molecule has 1 rings (SSSR count). The average molecular weight is 292 g/mol. The van der Waals surface area contributed by atoms with Crippen LogP contribution in [0, 0.1) is 5.92 Å². The molecule has 0 spiro atoms. The largest absolute Gasteiger partial charge is 0.464 e. The molecule has 5 nitrogen and oxygen atoms in total. The topological polar surface area (TPSA) is 69.7 Å². The highest BCUT2D eigenvalue weighted by Crippen LogP contribution is 2.18. The number of hydrogen-bond acceptors (Lipinski definition) is 5. The predicted molar refractivity (Wildman–Crippen MR) is 77.0 cm³/mol. The molecule has 0 amide bonds. The summed E-state index contributed by atoms with van der Waals surface area (Å²) in [5.74, 6) is -2.74. The van der Waals surface area contributed by atoms with E-state index in [1.807, 2.05) is 0 Å². The molecule has 0 bridgehead atoms. The molecular formula is C16H20O5. The van der Waals surface area contributed by atoms with Crippen LogP contribution in [0.5, 0.6) is 0 Å². The van der Waals surface area contributed by atoms with Gasteiger partial charge in [0, 0.05) is 12.2 Å². The average Bonchev–Trinajstić information content (AvgIpc) is 2.47. The first-order valence-electron chi connectivity index (χ1n) is 6.90. The van der Waals surface area contributed by atoms with Crippen molar-refractivity contribution in [1.82, 2.24) is 0 Å². The van der Waals surface area contributed by atoms with Crippen molar-refractivity contribution in [2.45, 2.75) is 26.9 Å². The van der Waals surface area contributed by atoms with Gasteiger partial charge >= 0.3 is 5.97 Å². The zero-order valence-corrected chi connectivity index (χ0v) is 12.5. The molecular weight excluding hydrogens is 272 g/mol. The molecule has 5 heteroatoms. The van der Waals surface area contributed by atoms with Crippen molar-refractivity contribution in [2.24, 2.45) is 5.92 Å². The molecule has 0 N–H and O–H groups in total. The number of carbonyl (C=O) groups is 3. The fourth-order valence-corrected chi connectivity index (χ4v) is 2.02. The second-order valence-corrected chi connectivity index (χ2v) is 4.45. The van der Waals surface area contributed by atoms with Crippen LogP contribution in [0.25, 0.3) is 0 Å². The summed E-state index contributed by atoms with van der Waals surface area (Å²) in [4.78, 5) is 36.3. The quantitative estimate of drug-likeness (QED) is 0.416. The summed E-state index contributed by atoms with van der Waals surface area (Å²) < 4.78 is 10.2. The molecule has 114 valence electrons. The smallest absolute Gasteiger partial charge is 0.336 e. The lowest BCUT2D eigenvalue weighted by atomic mass is 9.89. The third-order valence-electron chi connectivity index (χ3n) is 2.95. The number of Topliss-reactive ketones (excluding diaryl/α,β-unsaturated/α-hetero) is 2. The first-order valence-corrected chi connectivity index (χ1v) is 6.90. The van der Waals surface area contributed by atoms with E-state index in [0.717, 1.165) is 0 Å². The minimum atomic E-state index is -1.21. The molecule has 1 aromatic rings. The van der Waals surface area contributed by atoms with Gasteiger partial charge in [0.1, 0.15) is 11.7 Å². The first-order chi connectivity index (χ1) is 10.0. The number of rotatable bonds is 8. The van der Waals surface area contributed by atoms with Gasteiger partial charge in [-0.05, 0) is 20.8 Å². The second kappa shape index (κ2) is 8.32. The van der Waals surface area contributed by atoms with Crippen molar-refractivity contribution in [3.05, 3.63) is 35.9 Å². The highest BCUT2D eigenvalue weighted by atomic mass is 16.6. The molecule has 2 atom stereocenters. The maximum Gasteiger partial charge on any atom is 0.336 e. The maximum absolute atomic E-state index is 12.5. The molecule has 0 aromatic heterocycles. The van der Waals surface area contributed by atoms with Crippen LogP contribution in [0.3, 0.4) is 0 Å². The van der Waals surface area contributed by atoms with Gasteiger partial charge < -0.3 is 9.47 Å². The van der Waals surface area contributed by atoms with Crippen LogP contribution in [0.4, 0.5) is 0 Å². The van der Waals surface area contributed by atoms with Gasteiger partial charge in [-0.25, -0.2) is 4.79 Å². The van der Waals surface area contributed by atoms with Crippen LogP contribution in [0.1, 0.15) is 31.1 Å². The van der Waals surface area contributed by atoms with Crippen LogP contribution in [0.2, 0.25) is 0 Å². The van der Waals surface area contributed by atoms with Crippen molar-refractivity contribution in [3.63, 3.8) is 0 Å². The zero-order valence-electron chi connectivity index (χ0n) is 12.5. The number of ether oxygens (including phenoxy) is 2. The van der Waals surface area contributed by atoms with E-state index in [-0.39, 0.29) is 13.2 Å². The minimum absolute atomic E-state index is 0.159. The van der Waals surface area contributed by atoms with Crippen LogP contribution in [-0.4, -0.2) is 36.9 Å². The van der Waals surface area contributed by atoms with Crippen LogP contribution in [0.15, 0.2) is 30.3 Å². The van der Waals surface area contributed by atoms with E-state index < -0.39 is 29.6 Å². The number of carbonyl (C=O) groups excluding carboxylic acids is 3. The number of benzene rings is 1. The van der Waals surface area contributed by atoms with E-state index in [4.69, 9.17) is 9.47 Å².